The third-order valence-corrected chi connectivity index (χ3v) is 6.30. The lowest BCUT2D eigenvalue weighted by Gasteiger charge is -2.18. The molecule has 0 radical (unpaired) electrons. The van der Waals surface area contributed by atoms with Crippen LogP contribution in [0.15, 0.2) is 29.3 Å². The molecular weight excluding hydrogens is 372 g/mol. The molecule has 0 bridgehead atoms. The molecule has 1 heterocycles. The molecule has 3 rings (SSSR count). The molecule has 0 atom stereocenters. The maximum atomic E-state index is 13.8. The number of sulfonamides is 1. The number of rotatable bonds is 5. The van der Waals surface area contributed by atoms with E-state index in [0.29, 0.717) is 5.69 Å². The minimum atomic E-state index is -3.98. The van der Waals surface area contributed by atoms with Gasteiger partial charge >= 0.3 is 0 Å². The fraction of sp³-hybridized carbons (Fsp3) is 0.526. The summed E-state index contributed by atoms with van der Waals surface area (Å²) in [5, 5.41) is 4.57. The summed E-state index contributed by atoms with van der Waals surface area (Å²) in [6.45, 7) is 5.22. The summed E-state index contributed by atoms with van der Waals surface area (Å²) in [5.74, 6) is -1.56. The van der Waals surface area contributed by atoms with E-state index in [4.69, 9.17) is 0 Å². The van der Waals surface area contributed by atoms with E-state index < -0.39 is 33.6 Å². The van der Waals surface area contributed by atoms with Gasteiger partial charge in [-0.2, -0.15) is 5.10 Å². The molecule has 0 amide bonds. The molecule has 5 nitrogen and oxygen atoms in total. The average Bonchev–Trinajstić information content (AvgIpc) is 3.23. The zero-order chi connectivity index (χ0) is 19.8. The van der Waals surface area contributed by atoms with Crippen LogP contribution in [0.25, 0.3) is 0 Å². The first-order valence-corrected chi connectivity index (χ1v) is 10.6. The number of halogens is 2. The molecule has 1 N–H and O–H groups in total. The minimum absolute atomic E-state index is 0.0682. The van der Waals surface area contributed by atoms with E-state index >= 15 is 0 Å². The highest BCUT2D eigenvalue weighted by Crippen LogP contribution is 2.33. The van der Waals surface area contributed by atoms with Gasteiger partial charge in [-0.3, -0.25) is 4.68 Å². The van der Waals surface area contributed by atoms with Crippen LogP contribution in [0.4, 0.5) is 8.78 Å². The SMILES string of the molecule is CC(C)(C)c1nn(C2CCCC2)cc1S(=O)(=O)NCc1c(F)cccc1F. The molecule has 148 valence electrons. The number of hydrogen-bond donors (Lipinski definition) is 1. The lowest BCUT2D eigenvalue weighted by molar-refractivity contribution is 0.448. The number of nitrogens with one attached hydrogen (secondary N) is 1. The number of aromatic nitrogens is 2. The zero-order valence-electron chi connectivity index (χ0n) is 15.8. The van der Waals surface area contributed by atoms with Gasteiger partial charge in [-0.15, -0.1) is 0 Å². The predicted molar refractivity (Wildman–Crippen MR) is 98.8 cm³/mol. The van der Waals surface area contributed by atoms with Gasteiger partial charge in [0.2, 0.25) is 10.0 Å². The van der Waals surface area contributed by atoms with Gasteiger partial charge in [0.15, 0.2) is 0 Å². The average molecular weight is 397 g/mol. The summed E-state index contributed by atoms with van der Waals surface area (Å²) in [6.07, 6.45) is 5.69. The van der Waals surface area contributed by atoms with Crippen LogP contribution in [0, 0.1) is 11.6 Å². The van der Waals surface area contributed by atoms with Crippen LogP contribution in [0.2, 0.25) is 0 Å². The summed E-state index contributed by atoms with van der Waals surface area (Å²) >= 11 is 0. The van der Waals surface area contributed by atoms with Crippen molar-refractivity contribution in [1.29, 1.82) is 0 Å². The molecule has 2 aromatic rings. The Bertz CT molecular complexity index is 907. The van der Waals surface area contributed by atoms with E-state index in [9.17, 15) is 17.2 Å². The molecular formula is C19H25F2N3O2S. The Hall–Kier alpha value is -1.80. The minimum Gasteiger partial charge on any atom is -0.268 e. The van der Waals surface area contributed by atoms with Crippen LogP contribution >= 0.6 is 0 Å². The second kappa shape index (κ2) is 7.31. The van der Waals surface area contributed by atoms with Crippen molar-refractivity contribution in [1.82, 2.24) is 14.5 Å². The molecule has 8 heteroatoms. The first-order valence-electron chi connectivity index (χ1n) is 9.12. The molecule has 0 unspecified atom stereocenters. The molecule has 1 saturated carbocycles. The standard InChI is InChI=1S/C19H25F2N3O2S/c1-19(2,3)18-17(12-24(23-18)13-7-4-5-8-13)27(25,26)22-11-14-15(20)9-6-10-16(14)21/h6,9-10,12-13,22H,4-5,7-8,11H2,1-3H3. The molecule has 1 aromatic carbocycles. The van der Waals surface area contributed by atoms with Crippen molar-refractivity contribution in [2.24, 2.45) is 0 Å². The summed E-state index contributed by atoms with van der Waals surface area (Å²) in [7, 11) is -3.98. The Morgan fingerprint density at radius 3 is 2.33 bits per heavy atom. The van der Waals surface area contributed by atoms with Gasteiger partial charge in [0.05, 0.1) is 11.7 Å². The quantitative estimate of drug-likeness (QED) is 0.828. The predicted octanol–water partition coefficient (Wildman–Crippen LogP) is 4.05. The van der Waals surface area contributed by atoms with Gasteiger partial charge < -0.3 is 0 Å². The van der Waals surface area contributed by atoms with E-state index in [1.165, 1.54) is 6.07 Å². The Morgan fingerprint density at radius 1 is 1.19 bits per heavy atom. The second-order valence-corrected chi connectivity index (χ2v) is 9.77. The fourth-order valence-corrected chi connectivity index (χ4v) is 4.73. The highest BCUT2D eigenvalue weighted by Gasteiger charge is 2.32. The number of nitrogens with zero attached hydrogens (tertiary/aromatic N) is 2. The van der Waals surface area contributed by atoms with E-state index in [2.05, 4.69) is 9.82 Å². The van der Waals surface area contributed by atoms with Gasteiger partial charge in [0.25, 0.3) is 0 Å². The first kappa shape index (κ1) is 19.9. The van der Waals surface area contributed by atoms with E-state index in [1.54, 1.807) is 10.9 Å². The molecule has 1 aliphatic carbocycles. The molecule has 0 spiro atoms. The Kier molecular flexibility index (Phi) is 5.40. The van der Waals surface area contributed by atoms with Crippen molar-refractivity contribution in [3.8, 4) is 0 Å². The van der Waals surface area contributed by atoms with E-state index in [-0.39, 0.29) is 16.5 Å². The van der Waals surface area contributed by atoms with Gasteiger partial charge in [0, 0.05) is 23.7 Å². The van der Waals surface area contributed by atoms with Crippen molar-refractivity contribution in [3.05, 3.63) is 47.3 Å². The van der Waals surface area contributed by atoms with Crippen LogP contribution in [-0.2, 0) is 22.0 Å². The third kappa shape index (κ3) is 4.21. The van der Waals surface area contributed by atoms with Crippen LogP contribution in [0.5, 0.6) is 0 Å². The lowest BCUT2D eigenvalue weighted by atomic mass is 9.92. The maximum Gasteiger partial charge on any atom is 0.244 e. The monoisotopic (exact) mass is 397 g/mol. The fourth-order valence-electron chi connectivity index (χ4n) is 3.39. The topological polar surface area (TPSA) is 64.0 Å². The van der Waals surface area contributed by atoms with Crippen molar-refractivity contribution in [2.45, 2.75) is 69.4 Å². The largest absolute Gasteiger partial charge is 0.268 e. The highest BCUT2D eigenvalue weighted by molar-refractivity contribution is 7.89. The van der Waals surface area contributed by atoms with Crippen molar-refractivity contribution < 1.29 is 17.2 Å². The maximum absolute atomic E-state index is 13.8. The number of hydrogen-bond acceptors (Lipinski definition) is 3. The van der Waals surface area contributed by atoms with Crippen LogP contribution in [-0.4, -0.2) is 18.2 Å². The van der Waals surface area contributed by atoms with Gasteiger partial charge in [-0.1, -0.05) is 39.7 Å². The zero-order valence-corrected chi connectivity index (χ0v) is 16.6. The molecule has 1 aliphatic rings. The summed E-state index contributed by atoms with van der Waals surface area (Å²) in [6, 6.07) is 3.64. The third-order valence-electron chi connectivity index (χ3n) is 4.90. The Labute approximate surface area is 158 Å². The summed E-state index contributed by atoms with van der Waals surface area (Å²) in [4.78, 5) is 0.0682. The van der Waals surface area contributed by atoms with Gasteiger partial charge in [-0.05, 0) is 25.0 Å². The number of benzene rings is 1. The second-order valence-electron chi connectivity index (χ2n) is 8.04. The summed E-state index contributed by atoms with van der Waals surface area (Å²) < 4.78 is 57.5. The highest BCUT2D eigenvalue weighted by atomic mass is 32.2. The van der Waals surface area contributed by atoms with Gasteiger partial charge in [-0.25, -0.2) is 21.9 Å². The van der Waals surface area contributed by atoms with Crippen molar-refractivity contribution in [3.63, 3.8) is 0 Å². The molecule has 1 aromatic heterocycles. The van der Waals surface area contributed by atoms with Crippen LogP contribution in [0.3, 0.4) is 0 Å². The van der Waals surface area contributed by atoms with Crippen LogP contribution < -0.4 is 4.72 Å². The molecule has 27 heavy (non-hydrogen) atoms. The smallest absolute Gasteiger partial charge is 0.244 e. The normalized spacial score (nSPS) is 16.2. The summed E-state index contributed by atoms with van der Waals surface area (Å²) in [5.41, 5.74) is -0.338. The van der Waals surface area contributed by atoms with Crippen molar-refractivity contribution in [2.75, 3.05) is 0 Å². The van der Waals surface area contributed by atoms with Crippen LogP contribution in [0.1, 0.15) is 63.8 Å². The Balaban J connectivity index is 1.93. The lowest BCUT2D eigenvalue weighted by Crippen LogP contribution is -2.27. The van der Waals surface area contributed by atoms with Crippen molar-refractivity contribution >= 4 is 10.0 Å². The molecule has 1 fully saturated rings. The van der Waals surface area contributed by atoms with E-state index in [0.717, 1.165) is 37.8 Å². The molecule has 0 saturated heterocycles. The Morgan fingerprint density at radius 2 is 1.78 bits per heavy atom. The molecule has 0 aliphatic heterocycles. The van der Waals surface area contributed by atoms with Gasteiger partial charge in [0.1, 0.15) is 16.5 Å². The first-order chi connectivity index (χ1) is 12.6. The van der Waals surface area contributed by atoms with E-state index in [1.807, 2.05) is 20.8 Å².